The summed E-state index contributed by atoms with van der Waals surface area (Å²) < 4.78 is 0. The van der Waals surface area contributed by atoms with Gasteiger partial charge in [0.05, 0.1) is 0 Å². The van der Waals surface area contributed by atoms with E-state index in [9.17, 15) is 4.79 Å². The van der Waals surface area contributed by atoms with Gasteiger partial charge < -0.3 is 5.11 Å². The van der Waals surface area contributed by atoms with Crippen LogP contribution in [0.15, 0.2) is 0 Å². The van der Waals surface area contributed by atoms with Crippen molar-refractivity contribution >= 4 is 5.97 Å². The molecule has 0 aliphatic carbocycles. The molecule has 0 saturated heterocycles. The van der Waals surface area contributed by atoms with Crippen molar-refractivity contribution in [2.24, 2.45) is 5.92 Å². The molecule has 0 aromatic carbocycles. The quantitative estimate of drug-likeness (QED) is 0.667. The fourth-order valence-corrected chi connectivity index (χ4v) is 0.995. The number of carboxylic acids is 1. The molecule has 12 heavy (non-hydrogen) atoms. The topological polar surface area (TPSA) is 91.8 Å². The van der Waals surface area contributed by atoms with Crippen molar-refractivity contribution in [3.63, 3.8) is 0 Å². The van der Waals surface area contributed by atoms with Crippen molar-refractivity contribution in [3.05, 3.63) is 5.82 Å². The molecule has 0 bridgehead atoms. The SMILES string of the molecule is CC(C)C(C(=O)O)c1nn[nH]n1. The van der Waals surface area contributed by atoms with Crippen molar-refractivity contribution in [2.45, 2.75) is 19.8 Å². The van der Waals surface area contributed by atoms with Gasteiger partial charge in [-0.15, -0.1) is 10.2 Å². The first-order valence-corrected chi connectivity index (χ1v) is 3.59. The number of aromatic nitrogens is 4. The maximum Gasteiger partial charge on any atom is 0.314 e. The molecule has 1 atom stereocenters. The highest BCUT2D eigenvalue weighted by Gasteiger charge is 2.27. The molecule has 1 aromatic heterocycles. The highest BCUT2D eigenvalue weighted by Crippen LogP contribution is 2.19. The van der Waals surface area contributed by atoms with Crippen molar-refractivity contribution in [1.82, 2.24) is 20.6 Å². The minimum atomic E-state index is -0.925. The second kappa shape index (κ2) is 3.29. The number of carbonyl (C=O) groups is 1. The Bertz CT molecular complexity index is 257. The number of hydrogen-bond donors (Lipinski definition) is 2. The zero-order valence-electron chi connectivity index (χ0n) is 6.85. The van der Waals surface area contributed by atoms with Gasteiger partial charge in [-0.2, -0.15) is 5.21 Å². The van der Waals surface area contributed by atoms with Gasteiger partial charge in [-0.3, -0.25) is 4.79 Å². The Morgan fingerprint density at radius 1 is 1.58 bits per heavy atom. The van der Waals surface area contributed by atoms with Crippen molar-refractivity contribution in [1.29, 1.82) is 0 Å². The third-order valence-corrected chi connectivity index (χ3v) is 1.57. The van der Waals surface area contributed by atoms with E-state index in [1.807, 2.05) is 0 Å². The van der Waals surface area contributed by atoms with Gasteiger partial charge >= 0.3 is 5.97 Å². The van der Waals surface area contributed by atoms with E-state index in [1.54, 1.807) is 13.8 Å². The van der Waals surface area contributed by atoms with Crippen LogP contribution < -0.4 is 0 Å². The van der Waals surface area contributed by atoms with Gasteiger partial charge in [-0.1, -0.05) is 19.1 Å². The number of hydrogen-bond acceptors (Lipinski definition) is 4. The lowest BCUT2D eigenvalue weighted by molar-refractivity contribution is -0.140. The molecule has 0 fully saturated rings. The van der Waals surface area contributed by atoms with Crippen molar-refractivity contribution in [3.8, 4) is 0 Å². The monoisotopic (exact) mass is 170 g/mol. The lowest BCUT2D eigenvalue weighted by Crippen LogP contribution is -2.18. The van der Waals surface area contributed by atoms with Gasteiger partial charge in [-0.05, 0) is 5.92 Å². The van der Waals surface area contributed by atoms with E-state index >= 15 is 0 Å². The summed E-state index contributed by atoms with van der Waals surface area (Å²) in [6, 6.07) is 0. The summed E-state index contributed by atoms with van der Waals surface area (Å²) in [6.07, 6.45) is 0. The summed E-state index contributed by atoms with van der Waals surface area (Å²) in [7, 11) is 0. The van der Waals surface area contributed by atoms with Crippen LogP contribution in [0.5, 0.6) is 0 Å². The maximum atomic E-state index is 10.7. The van der Waals surface area contributed by atoms with Gasteiger partial charge in [0.2, 0.25) is 0 Å². The number of rotatable bonds is 3. The van der Waals surface area contributed by atoms with E-state index in [0.29, 0.717) is 0 Å². The van der Waals surface area contributed by atoms with Crippen molar-refractivity contribution in [2.75, 3.05) is 0 Å². The first-order chi connectivity index (χ1) is 5.63. The van der Waals surface area contributed by atoms with Gasteiger partial charge in [0, 0.05) is 0 Å². The summed E-state index contributed by atoms with van der Waals surface area (Å²) in [5, 5.41) is 21.6. The predicted molar refractivity (Wildman–Crippen MR) is 39.4 cm³/mol. The number of aliphatic carboxylic acids is 1. The van der Waals surface area contributed by atoms with E-state index in [0.717, 1.165) is 0 Å². The predicted octanol–water partition coefficient (Wildman–Crippen LogP) is 0.0239. The van der Waals surface area contributed by atoms with Crippen LogP contribution in [0.4, 0.5) is 0 Å². The van der Waals surface area contributed by atoms with E-state index < -0.39 is 11.9 Å². The third-order valence-electron chi connectivity index (χ3n) is 1.57. The minimum absolute atomic E-state index is 0.0416. The first-order valence-electron chi connectivity index (χ1n) is 3.59. The molecule has 1 unspecified atom stereocenters. The normalized spacial score (nSPS) is 13.2. The van der Waals surface area contributed by atoms with Crippen LogP contribution in [0.2, 0.25) is 0 Å². The summed E-state index contributed by atoms with van der Waals surface area (Å²) in [5.41, 5.74) is 0. The summed E-state index contributed by atoms with van der Waals surface area (Å²) in [4.78, 5) is 10.7. The van der Waals surface area contributed by atoms with Crippen LogP contribution in [0, 0.1) is 5.92 Å². The zero-order valence-corrected chi connectivity index (χ0v) is 6.85. The largest absolute Gasteiger partial charge is 0.481 e. The molecule has 1 aromatic rings. The van der Waals surface area contributed by atoms with Crippen LogP contribution in [-0.2, 0) is 4.79 Å². The first kappa shape index (κ1) is 8.63. The van der Waals surface area contributed by atoms with E-state index in [-0.39, 0.29) is 11.7 Å². The number of nitrogens with one attached hydrogen (secondary N) is 1. The Labute approximate surface area is 69.0 Å². The second-order valence-corrected chi connectivity index (χ2v) is 2.83. The van der Waals surface area contributed by atoms with E-state index in [4.69, 9.17) is 5.11 Å². The van der Waals surface area contributed by atoms with E-state index in [2.05, 4.69) is 20.6 Å². The smallest absolute Gasteiger partial charge is 0.314 e. The number of nitrogens with zero attached hydrogens (tertiary/aromatic N) is 3. The van der Waals surface area contributed by atoms with Crippen LogP contribution in [0.3, 0.4) is 0 Å². The minimum Gasteiger partial charge on any atom is -0.481 e. The number of carboxylic acid groups (broad SMARTS) is 1. The highest BCUT2D eigenvalue weighted by atomic mass is 16.4. The van der Waals surface area contributed by atoms with Crippen LogP contribution in [0.1, 0.15) is 25.6 Å². The molecule has 66 valence electrons. The third kappa shape index (κ3) is 1.58. The Balaban J connectivity index is 2.88. The average Bonchev–Trinajstić information content (AvgIpc) is 2.37. The molecule has 1 rings (SSSR count). The fraction of sp³-hybridized carbons (Fsp3) is 0.667. The molecule has 6 heteroatoms. The number of aromatic amines is 1. The second-order valence-electron chi connectivity index (χ2n) is 2.83. The average molecular weight is 170 g/mol. The van der Waals surface area contributed by atoms with Gasteiger partial charge in [0.25, 0.3) is 0 Å². The zero-order chi connectivity index (χ0) is 9.14. The van der Waals surface area contributed by atoms with Gasteiger partial charge in [0.15, 0.2) is 5.82 Å². The van der Waals surface area contributed by atoms with Crippen LogP contribution in [0.25, 0.3) is 0 Å². The molecule has 0 spiro atoms. The molecule has 0 radical (unpaired) electrons. The fourth-order valence-electron chi connectivity index (χ4n) is 0.995. The lowest BCUT2D eigenvalue weighted by Gasteiger charge is -2.10. The molecule has 2 N–H and O–H groups in total. The molecule has 0 amide bonds. The van der Waals surface area contributed by atoms with Crippen LogP contribution in [-0.4, -0.2) is 31.7 Å². The Morgan fingerprint density at radius 3 is 2.58 bits per heavy atom. The lowest BCUT2D eigenvalue weighted by atomic mass is 9.96. The Hall–Kier alpha value is -1.46. The summed E-state index contributed by atoms with van der Waals surface area (Å²) >= 11 is 0. The molecule has 1 heterocycles. The summed E-state index contributed by atoms with van der Waals surface area (Å²) in [6.45, 7) is 3.60. The molecule has 6 nitrogen and oxygen atoms in total. The molecular weight excluding hydrogens is 160 g/mol. The van der Waals surface area contributed by atoms with Gasteiger partial charge in [0.1, 0.15) is 5.92 Å². The van der Waals surface area contributed by atoms with Gasteiger partial charge in [-0.25, -0.2) is 0 Å². The maximum absolute atomic E-state index is 10.7. The molecule has 0 saturated carbocycles. The highest BCUT2D eigenvalue weighted by molar-refractivity contribution is 5.75. The van der Waals surface area contributed by atoms with E-state index in [1.165, 1.54) is 0 Å². The molecule has 0 aliphatic heterocycles. The Kier molecular flexibility index (Phi) is 2.37. The summed E-state index contributed by atoms with van der Waals surface area (Å²) in [5.74, 6) is -1.41. The number of H-pyrrole nitrogens is 1. The molecular formula is C6H10N4O2. The molecule has 0 aliphatic rings. The number of tetrazole rings is 1. The standard InChI is InChI=1S/C6H10N4O2/c1-3(2)4(6(11)12)5-7-9-10-8-5/h3-4H,1-2H3,(H,11,12)(H,7,8,9,10). The van der Waals surface area contributed by atoms with Crippen molar-refractivity contribution < 1.29 is 9.90 Å². The Morgan fingerprint density at radius 2 is 2.25 bits per heavy atom. The van der Waals surface area contributed by atoms with Crippen LogP contribution >= 0.6 is 0 Å².